The fourth-order valence-electron chi connectivity index (χ4n) is 5.96. The number of aromatic hydroxyl groups is 1. The number of anilines is 1. The monoisotopic (exact) mass is 575 g/mol. The van der Waals surface area contributed by atoms with Crippen molar-refractivity contribution < 1.29 is 44.3 Å². The molecule has 1 aromatic rings. The van der Waals surface area contributed by atoms with Crippen molar-refractivity contribution in [3.05, 3.63) is 28.3 Å². The number of hydrogen-bond acceptors (Lipinski definition) is 11. The summed E-state index contributed by atoms with van der Waals surface area (Å²) < 4.78 is 5.29. The number of Topliss-reactive ketones (excluding diaryl/α,β-unsaturated/α-hetero) is 2. The summed E-state index contributed by atoms with van der Waals surface area (Å²) in [6.07, 6.45) is 1.49. The third-order valence-corrected chi connectivity index (χ3v) is 8.34. The summed E-state index contributed by atoms with van der Waals surface area (Å²) in [5.74, 6) is -8.81. The maximum Gasteiger partial charge on any atom is 0.342 e. The smallest absolute Gasteiger partial charge is 0.342 e. The SMILES string of the molecule is CCCCOC(=O)c1cc(N(C)C)c2c(c1O)C(O)=C1C(=O)C(O)(C(=O)C(C)C(N)=O)[C@H]([C@@H](CO)N(C)C)C[C@@H]1C2. The standard InChI is InChI=1S/C29H41N3O9/c1-7-8-9-41-28(39)17-12-19(31(3)4)16-10-15-11-18(20(13-33)32(5)6)29(40,25(36)14(2)27(30)38)26(37)21(15)24(35)22(16)23(17)34/h12,14-15,18,20,33-35,40H,7-11,13H2,1-6H3,(H2,30,38)/t14?,15-,18-,20+,29?/m0/s1. The van der Waals surface area contributed by atoms with E-state index in [0.29, 0.717) is 17.7 Å². The van der Waals surface area contributed by atoms with Gasteiger partial charge in [0, 0.05) is 37.3 Å². The lowest BCUT2D eigenvalue weighted by molar-refractivity contribution is -0.166. The predicted octanol–water partition coefficient (Wildman–Crippen LogP) is 0.790. The maximum atomic E-state index is 14.1. The highest BCUT2D eigenvalue weighted by Crippen LogP contribution is 2.51. The molecule has 1 aromatic carbocycles. The third-order valence-electron chi connectivity index (χ3n) is 8.34. The molecule has 0 heterocycles. The van der Waals surface area contributed by atoms with Gasteiger partial charge in [0.1, 0.15) is 17.1 Å². The van der Waals surface area contributed by atoms with Crippen LogP contribution in [0.15, 0.2) is 11.6 Å². The number of nitrogens with two attached hydrogens (primary N) is 1. The van der Waals surface area contributed by atoms with Crippen molar-refractivity contribution in [2.24, 2.45) is 23.5 Å². The number of ether oxygens (including phenoxy) is 1. The first-order valence-corrected chi connectivity index (χ1v) is 13.7. The number of unbranched alkanes of at least 4 members (excludes halogenated alkanes) is 1. The summed E-state index contributed by atoms with van der Waals surface area (Å²) in [7, 11) is 6.69. The Bertz CT molecular complexity index is 1270. The van der Waals surface area contributed by atoms with Gasteiger partial charge in [-0.1, -0.05) is 13.3 Å². The van der Waals surface area contributed by atoms with E-state index in [-0.39, 0.29) is 36.1 Å². The van der Waals surface area contributed by atoms with Crippen molar-refractivity contribution in [3.8, 4) is 5.75 Å². The molecule has 0 spiro atoms. The first-order chi connectivity index (χ1) is 19.1. The van der Waals surface area contributed by atoms with Gasteiger partial charge in [-0.3, -0.25) is 14.4 Å². The van der Waals surface area contributed by atoms with Gasteiger partial charge in [-0.2, -0.15) is 0 Å². The fourth-order valence-corrected chi connectivity index (χ4v) is 5.96. The molecule has 0 aliphatic heterocycles. The van der Waals surface area contributed by atoms with Crippen molar-refractivity contribution in [1.82, 2.24) is 4.90 Å². The molecule has 226 valence electrons. The number of primary amides is 1. The number of nitrogens with zero attached hydrogens (tertiary/aromatic N) is 2. The van der Waals surface area contributed by atoms with Crippen LogP contribution in [0.2, 0.25) is 0 Å². The topological polar surface area (TPSA) is 191 Å². The zero-order valence-corrected chi connectivity index (χ0v) is 24.4. The lowest BCUT2D eigenvalue weighted by atomic mass is 9.59. The summed E-state index contributed by atoms with van der Waals surface area (Å²) in [5.41, 5.74) is 2.83. The van der Waals surface area contributed by atoms with Crippen LogP contribution in [-0.2, 0) is 25.5 Å². The number of phenols is 1. The van der Waals surface area contributed by atoms with Gasteiger partial charge >= 0.3 is 5.97 Å². The van der Waals surface area contributed by atoms with E-state index in [4.69, 9.17) is 10.5 Å². The Morgan fingerprint density at radius 1 is 1.20 bits per heavy atom. The number of ketones is 2. The van der Waals surface area contributed by atoms with Gasteiger partial charge in [-0.15, -0.1) is 0 Å². The molecule has 6 N–H and O–H groups in total. The van der Waals surface area contributed by atoms with Crippen LogP contribution in [0, 0.1) is 17.8 Å². The molecule has 12 heteroatoms. The van der Waals surface area contributed by atoms with Crippen molar-refractivity contribution in [2.75, 3.05) is 46.3 Å². The molecule has 1 saturated carbocycles. The van der Waals surface area contributed by atoms with E-state index in [1.165, 1.54) is 13.0 Å². The highest BCUT2D eigenvalue weighted by molar-refractivity contribution is 6.24. The van der Waals surface area contributed by atoms with E-state index in [1.54, 1.807) is 38.0 Å². The van der Waals surface area contributed by atoms with Crippen LogP contribution in [-0.4, -0.2) is 102 Å². The van der Waals surface area contributed by atoms with E-state index >= 15 is 0 Å². The molecular weight excluding hydrogens is 534 g/mol. The van der Waals surface area contributed by atoms with Gasteiger partial charge in [0.05, 0.1) is 24.7 Å². The van der Waals surface area contributed by atoms with E-state index in [1.807, 2.05) is 6.92 Å². The highest BCUT2D eigenvalue weighted by atomic mass is 16.5. The van der Waals surface area contributed by atoms with Gasteiger partial charge in [0.15, 0.2) is 11.4 Å². The van der Waals surface area contributed by atoms with Crippen molar-refractivity contribution >= 4 is 34.9 Å². The van der Waals surface area contributed by atoms with Crippen LogP contribution >= 0.6 is 0 Å². The first kappa shape index (κ1) is 32.0. The Balaban J connectivity index is 2.29. The second-order valence-electron chi connectivity index (χ2n) is 11.3. The molecule has 5 atom stereocenters. The van der Waals surface area contributed by atoms with Crippen molar-refractivity contribution in [2.45, 2.75) is 51.2 Å². The first-order valence-electron chi connectivity index (χ1n) is 13.7. The second-order valence-corrected chi connectivity index (χ2v) is 11.3. The molecule has 1 amide bonds. The Kier molecular flexibility index (Phi) is 9.51. The number of likely N-dealkylation sites (N-methyl/N-ethyl adjacent to an activating group) is 1. The molecule has 2 aliphatic carbocycles. The van der Waals surface area contributed by atoms with Gasteiger partial charge < -0.3 is 40.7 Å². The quantitative estimate of drug-likeness (QED) is 0.142. The van der Waals surface area contributed by atoms with Gasteiger partial charge in [-0.25, -0.2) is 4.79 Å². The van der Waals surface area contributed by atoms with Crippen LogP contribution < -0.4 is 10.6 Å². The van der Waals surface area contributed by atoms with E-state index < -0.39 is 71.0 Å². The molecule has 0 bridgehead atoms. The molecule has 2 aliphatic rings. The number of aliphatic hydroxyl groups excluding tert-OH is 2. The number of amides is 1. The van der Waals surface area contributed by atoms with E-state index in [9.17, 15) is 39.6 Å². The second kappa shape index (κ2) is 12.2. The van der Waals surface area contributed by atoms with Crippen molar-refractivity contribution in [1.29, 1.82) is 0 Å². The van der Waals surface area contributed by atoms with Gasteiger partial charge in [0.25, 0.3) is 0 Å². The highest BCUT2D eigenvalue weighted by Gasteiger charge is 2.61. The molecule has 0 radical (unpaired) electrons. The average Bonchev–Trinajstić information content (AvgIpc) is 2.90. The number of rotatable bonds is 11. The Labute approximate surface area is 239 Å². The molecule has 12 nitrogen and oxygen atoms in total. The minimum absolute atomic E-state index is 0.0177. The molecule has 41 heavy (non-hydrogen) atoms. The van der Waals surface area contributed by atoms with Crippen LogP contribution in [0.1, 0.15) is 54.6 Å². The molecule has 0 aromatic heterocycles. The predicted molar refractivity (Wildman–Crippen MR) is 150 cm³/mol. The average molecular weight is 576 g/mol. The Hall–Kier alpha value is -3.48. The molecule has 1 fully saturated rings. The molecule has 2 unspecified atom stereocenters. The number of aliphatic hydroxyl groups is 3. The molecular formula is C29H41N3O9. The number of fused-ring (bicyclic) bond motifs is 2. The third kappa shape index (κ3) is 5.43. The van der Waals surface area contributed by atoms with E-state index in [0.717, 1.165) is 6.42 Å². The molecule has 0 saturated heterocycles. The number of hydrogen-bond donors (Lipinski definition) is 5. The van der Waals surface area contributed by atoms with Crippen molar-refractivity contribution in [3.63, 3.8) is 0 Å². The van der Waals surface area contributed by atoms with Gasteiger partial charge in [-0.05, 0) is 57.8 Å². The number of carbonyl (C=O) groups is 4. The number of phenolic OH excluding ortho intramolecular Hbond substituents is 1. The summed E-state index contributed by atoms with van der Waals surface area (Å²) in [5, 5.41) is 44.8. The number of benzene rings is 1. The maximum absolute atomic E-state index is 14.1. The van der Waals surface area contributed by atoms with Crippen LogP contribution in [0.3, 0.4) is 0 Å². The van der Waals surface area contributed by atoms with E-state index in [2.05, 4.69) is 0 Å². The number of esters is 1. The van der Waals surface area contributed by atoms with Gasteiger partial charge in [0.2, 0.25) is 11.7 Å². The lowest BCUT2D eigenvalue weighted by Crippen LogP contribution is -2.65. The molecule has 3 rings (SSSR count). The Morgan fingerprint density at radius 2 is 1.83 bits per heavy atom. The number of carbonyl (C=O) groups excluding carboxylic acids is 4. The minimum Gasteiger partial charge on any atom is -0.507 e. The van der Waals surface area contributed by atoms with Crippen LogP contribution in [0.25, 0.3) is 5.76 Å². The minimum atomic E-state index is -2.81. The fraction of sp³-hybridized carbons (Fsp3) is 0.586. The van der Waals surface area contributed by atoms with Crippen LogP contribution in [0.5, 0.6) is 5.75 Å². The Morgan fingerprint density at radius 3 is 2.34 bits per heavy atom. The lowest BCUT2D eigenvalue weighted by Gasteiger charge is -2.48. The zero-order valence-electron chi connectivity index (χ0n) is 24.4. The summed E-state index contributed by atoms with van der Waals surface area (Å²) in [4.78, 5) is 55.8. The summed E-state index contributed by atoms with van der Waals surface area (Å²) >= 11 is 0. The summed E-state index contributed by atoms with van der Waals surface area (Å²) in [6, 6.07) is 0.605. The van der Waals surface area contributed by atoms with Crippen LogP contribution in [0.4, 0.5) is 5.69 Å². The zero-order chi connectivity index (χ0) is 31.0. The largest absolute Gasteiger partial charge is 0.507 e. The summed E-state index contributed by atoms with van der Waals surface area (Å²) in [6.45, 7) is 2.73. The normalized spacial score (nSPS) is 23.5.